The Balaban J connectivity index is 1.70. The summed E-state index contributed by atoms with van der Waals surface area (Å²) in [6.07, 6.45) is 1.85. The van der Waals surface area contributed by atoms with Crippen LogP contribution < -0.4 is 20.3 Å². The molecule has 0 bridgehead atoms. The molecule has 3 heterocycles. The lowest BCUT2D eigenvalue weighted by atomic mass is 10.3. The maximum atomic E-state index is 5.79. The van der Waals surface area contributed by atoms with Gasteiger partial charge in [-0.1, -0.05) is 0 Å². The summed E-state index contributed by atoms with van der Waals surface area (Å²) < 4.78 is 9.49. The summed E-state index contributed by atoms with van der Waals surface area (Å²) in [7, 11) is 1.63. The van der Waals surface area contributed by atoms with Crippen LogP contribution in [0.4, 0.5) is 16.0 Å². The number of nitrogens with zero attached hydrogens (tertiary/aromatic N) is 4. The van der Waals surface area contributed by atoms with E-state index in [1.54, 1.807) is 18.4 Å². The first kappa shape index (κ1) is 12.5. The van der Waals surface area contributed by atoms with E-state index in [-0.39, 0.29) is 0 Å². The summed E-state index contributed by atoms with van der Waals surface area (Å²) in [4.78, 5) is 8.93. The van der Waals surface area contributed by atoms with Crippen molar-refractivity contribution in [1.29, 1.82) is 0 Å². The van der Waals surface area contributed by atoms with Gasteiger partial charge in [0, 0.05) is 37.8 Å². The van der Waals surface area contributed by atoms with Gasteiger partial charge in [0.1, 0.15) is 0 Å². The first-order valence-electron chi connectivity index (χ1n) is 5.98. The molecule has 6 nitrogen and oxygen atoms in total. The minimum absolute atomic E-state index is 0.477. The van der Waals surface area contributed by atoms with Crippen LogP contribution in [-0.2, 0) is 0 Å². The number of ether oxygens (including phenoxy) is 1. The van der Waals surface area contributed by atoms with Crippen molar-refractivity contribution in [2.24, 2.45) is 0 Å². The van der Waals surface area contributed by atoms with Gasteiger partial charge in [0.15, 0.2) is 21.7 Å². The molecule has 1 aliphatic heterocycles. The fourth-order valence-electron chi connectivity index (χ4n) is 2.15. The summed E-state index contributed by atoms with van der Waals surface area (Å²) in [5.41, 5.74) is 5.79. The van der Waals surface area contributed by atoms with E-state index in [1.165, 1.54) is 11.5 Å². The fraction of sp³-hybridized carbons (Fsp3) is 0.455. The molecule has 1 fully saturated rings. The topological polar surface area (TPSA) is 67.5 Å². The van der Waals surface area contributed by atoms with Crippen LogP contribution in [0.5, 0.6) is 5.75 Å². The standard InChI is InChI=1S/C11H15N5OS2/c1-17-8-9(12)14-19-10(8)15-3-5-16(6-4-15)11-13-2-7-18-11/h2,7H,3-6H2,1H3,(H2,12,14). The monoisotopic (exact) mass is 297 g/mol. The smallest absolute Gasteiger partial charge is 0.197 e. The Kier molecular flexibility index (Phi) is 3.43. The van der Waals surface area contributed by atoms with Gasteiger partial charge in [0.25, 0.3) is 0 Å². The van der Waals surface area contributed by atoms with Crippen molar-refractivity contribution in [1.82, 2.24) is 9.36 Å². The minimum Gasteiger partial charge on any atom is -0.490 e. The predicted molar refractivity (Wildman–Crippen MR) is 79.6 cm³/mol. The summed E-state index contributed by atoms with van der Waals surface area (Å²) in [6.45, 7) is 3.76. The lowest BCUT2D eigenvalue weighted by Crippen LogP contribution is -2.46. The quantitative estimate of drug-likeness (QED) is 0.926. The molecular weight excluding hydrogens is 282 g/mol. The number of rotatable bonds is 3. The molecule has 8 heteroatoms. The lowest BCUT2D eigenvalue weighted by molar-refractivity contribution is 0.417. The van der Waals surface area contributed by atoms with E-state index in [2.05, 4.69) is 19.2 Å². The maximum Gasteiger partial charge on any atom is 0.197 e. The van der Waals surface area contributed by atoms with Gasteiger partial charge in [-0.05, 0) is 11.5 Å². The SMILES string of the molecule is COc1c(N)nsc1N1CCN(c2nccs2)CC1. The van der Waals surface area contributed by atoms with E-state index in [4.69, 9.17) is 10.5 Å². The Morgan fingerprint density at radius 1 is 1.26 bits per heavy atom. The Morgan fingerprint density at radius 3 is 2.63 bits per heavy atom. The Labute approximate surface area is 119 Å². The number of thiazole rings is 1. The van der Waals surface area contributed by atoms with Crippen molar-refractivity contribution >= 4 is 38.8 Å². The number of hydrogen-bond acceptors (Lipinski definition) is 8. The van der Waals surface area contributed by atoms with Gasteiger partial charge in [-0.2, -0.15) is 4.37 Å². The molecule has 0 atom stereocenters. The molecule has 1 aliphatic rings. The molecule has 0 unspecified atom stereocenters. The van der Waals surface area contributed by atoms with Gasteiger partial charge < -0.3 is 20.3 Å². The van der Waals surface area contributed by atoms with Crippen LogP contribution in [0.15, 0.2) is 11.6 Å². The van der Waals surface area contributed by atoms with Gasteiger partial charge in [-0.3, -0.25) is 0 Å². The number of aromatic nitrogens is 2. The van der Waals surface area contributed by atoms with Crippen LogP contribution in [0.25, 0.3) is 0 Å². The molecule has 3 rings (SSSR count). The zero-order chi connectivity index (χ0) is 13.2. The Morgan fingerprint density at radius 2 is 2.00 bits per heavy atom. The number of methoxy groups -OCH3 is 1. The van der Waals surface area contributed by atoms with Crippen molar-refractivity contribution in [3.8, 4) is 5.75 Å². The van der Waals surface area contributed by atoms with Crippen molar-refractivity contribution in [2.75, 3.05) is 48.8 Å². The van der Waals surface area contributed by atoms with Crippen LogP contribution in [0.3, 0.4) is 0 Å². The second-order valence-corrected chi connectivity index (χ2v) is 5.82. The highest BCUT2D eigenvalue weighted by atomic mass is 32.1. The highest BCUT2D eigenvalue weighted by Gasteiger charge is 2.24. The number of piperazine rings is 1. The molecule has 0 amide bonds. The van der Waals surface area contributed by atoms with E-state index in [0.29, 0.717) is 11.6 Å². The average Bonchev–Trinajstić information content (AvgIpc) is 3.08. The molecule has 102 valence electrons. The molecule has 0 aromatic carbocycles. The molecule has 2 aromatic heterocycles. The highest BCUT2D eigenvalue weighted by molar-refractivity contribution is 7.13. The minimum atomic E-state index is 0.477. The van der Waals surface area contributed by atoms with E-state index < -0.39 is 0 Å². The van der Waals surface area contributed by atoms with Crippen LogP contribution in [0.2, 0.25) is 0 Å². The number of anilines is 3. The van der Waals surface area contributed by atoms with Crippen LogP contribution >= 0.6 is 22.9 Å². The van der Waals surface area contributed by atoms with Gasteiger partial charge in [0.2, 0.25) is 0 Å². The van der Waals surface area contributed by atoms with Crippen molar-refractivity contribution in [2.45, 2.75) is 0 Å². The average molecular weight is 297 g/mol. The van der Waals surface area contributed by atoms with Gasteiger partial charge in [-0.15, -0.1) is 11.3 Å². The molecule has 1 saturated heterocycles. The van der Waals surface area contributed by atoms with Crippen LogP contribution in [-0.4, -0.2) is 42.6 Å². The Hall–Kier alpha value is -1.54. The van der Waals surface area contributed by atoms with Crippen LogP contribution in [0.1, 0.15) is 0 Å². The van der Waals surface area contributed by atoms with E-state index in [1.807, 2.05) is 11.6 Å². The summed E-state index contributed by atoms with van der Waals surface area (Å²) in [5, 5.41) is 4.13. The summed E-state index contributed by atoms with van der Waals surface area (Å²) in [6, 6.07) is 0. The van der Waals surface area contributed by atoms with Gasteiger partial charge in [-0.25, -0.2) is 4.98 Å². The first-order valence-corrected chi connectivity index (χ1v) is 7.63. The second kappa shape index (κ2) is 5.22. The number of nitrogens with two attached hydrogens (primary N) is 1. The summed E-state index contributed by atoms with van der Waals surface area (Å²) in [5.74, 6) is 1.18. The van der Waals surface area contributed by atoms with Crippen molar-refractivity contribution in [3.63, 3.8) is 0 Å². The third-order valence-electron chi connectivity index (χ3n) is 3.12. The molecular formula is C11H15N5OS2. The zero-order valence-electron chi connectivity index (χ0n) is 10.6. The first-order chi connectivity index (χ1) is 9.29. The largest absolute Gasteiger partial charge is 0.490 e. The number of hydrogen-bond donors (Lipinski definition) is 1. The van der Waals surface area contributed by atoms with Crippen molar-refractivity contribution in [3.05, 3.63) is 11.6 Å². The highest BCUT2D eigenvalue weighted by Crippen LogP contribution is 2.38. The number of nitrogen functional groups attached to an aromatic ring is 1. The molecule has 0 spiro atoms. The van der Waals surface area contributed by atoms with Crippen molar-refractivity contribution < 1.29 is 4.74 Å². The van der Waals surface area contributed by atoms with Gasteiger partial charge >= 0.3 is 0 Å². The molecule has 0 aliphatic carbocycles. The maximum absolute atomic E-state index is 5.79. The summed E-state index contributed by atoms with van der Waals surface area (Å²) >= 11 is 3.08. The predicted octanol–water partition coefficient (Wildman–Crippen LogP) is 1.52. The molecule has 0 radical (unpaired) electrons. The van der Waals surface area contributed by atoms with Crippen LogP contribution in [0, 0.1) is 0 Å². The van der Waals surface area contributed by atoms with E-state index in [0.717, 1.165) is 36.3 Å². The lowest BCUT2D eigenvalue weighted by Gasteiger charge is -2.35. The van der Waals surface area contributed by atoms with Gasteiger partial charge in [0.05, 0.1) is 7.11 Å². The molecule has 2 aromatic rings. The third-order valence-corrected chi connectivity index (χ3v) is 4.85. The molecule has 0 saturated carbocycles. The third kappa shape index (κ3) is 2.33. The fourth-order valence-corrected chi connectivity index (χ4v) is 3.68. The Bertz CT molecular complexity index is 533. The molecule has 2 N–H and O–H groups in total. The van der Waals surface area contributed by atoms with E-state index >= 15 is 0 Å². The van der Waals surface area contributed by atoms with E-state index in [9.17, 15) is 0 Å². The normalized spacial score (nSPS) is 15.8. The zero-order valence-corrected chi connectivity index (χ0v) is 12.2. The molecule has 19 heavy (non-hydrogen) atoms. The second-order valence-electron chi connectivity index (χ2n) is 4.19.